The normalized spacial score (nSPS) is 22.5. The van der Waals surface area contributed by atoms with E-state index in [9.17, 15) is 9.59 Å². The molecule has 30 heavy (non-hydrogen) atoms. The fourth-order valence-electron chi connectivity index (χ4n) is 4.86. The number of ether oxygens (including phenoxy) is 2. The molecule has 2 amide bonds. The van der Waals surface area contributed by atoms with Gasteiger partial charge in [-0.3, -0.25) is 9.59 Å². The highest BCUT2D eigenvalue weighted by molar-refractivity contribution is 9.10. The van der Waals surface area contributed by atoms with Crippen LogP contribution in [0.25, 0.3) is 10.9 Å². The molecule has 152 valence electrons. The van der Waals surface area contributed by atoms with Crippen molar-refractivity contribution in [2.24, 2.45) is 0 Å². The molecule has 0 spiro atoms. The molecule has 3 aliphatic heterocycles. The molecule has 1 fully saturated rings. The van der Waals surface area contributed by atoms with E-state index in [1.165, 1.54) is 4.90 Å². The molecule has 6 rings (SSSR count). The number of hydrogen-bond acceptors (Lipinski definition) is 4. The second kappa shape index (κ2) is 6.25. The lowest BCUT2D eigenvalue weighted by Crippen LogP contribution is -2.62. The van der Waals surface area contributed by atoms with Gasteiger partial charge in [0.15, 0.2) is 11.5 Å². The number of nitrogens with zero attached hydrogens (tertiary/aromatic N) is 2. The Hall–Kier alpha value is -3.00. The fraction of sp³-hybridized carbons (Fsp3) is 0.273. The van der Waals surface area contributed by atoms with Gasteiger partial charge in [-0.2, -0.15) is 0 Å². The van der Waals surface area contributed by atoms with Gasteiger partial charge in [0.1, 0.15) is 6.04 Å². The number of carbonyl (C=O) groups excluding carboxylic acids is 2. The molecule has 0 bridgehead atoms. The Kier molecular flexibility index (Phi) is 3.71. The Morgan fingerprint density at radius 3 is 2.80 bits per heavy atom. The van der Waals surface area contributed by atoms with Crippen LogP contribution in [0.3, 0.4) is 0 Å². The zero-order chi connectivity index (χ0) is 20.6. The minimum Gasteiger partial charge on any atom is -0.454 e. The van der Waals surface area contributed by atoms with E-state index in [0.717, 1.165) is 32.2 Å². The lowest BCUT2D eigenvalue weighted by Gasteiger charge is -2.46. The van der Waals surface area contributed by atoms with Crippen LogP contribution in [0.4, 0.5) is 0 Å². The quantitative estimate of drug-likeness (QED) is 0.596. The number of amides is 2. The van der Waals surface area contributed by atoms with Crippen LogP contribution in [0.2, 0.25) is 0 Å². The first-order valence-corrected chi connectivity index (χ1v) is 10.6. The summed E-state index contributed by atoms with van der Waals surface area (Å²) in [6.07, 6.45) is 0.488. The van der Waals surface area contributed by atoms with E-state index in [1.54, 1.807) is 11.9 Å². The van der Waals surface area contributed by atoms with Crippen molar-refractivity contribution in [3.8, 4) is 11.5 Å². The summed E-state index contributed by atoms with van der Waals surface area (Å²) in [4.78, 5) is 33.0. The van der Waals surface area contributed by atoms with Crippen LogP contribution < -0.4 is 9.47 Å². The Bertz CT molecular complexity index is 1240. The summed E-state index contributed by atoms with van der Waals surface area (Å²) >= 11 is 3.55. The Labute approximate surface area is 180 Å². The Morgan fingerprint density at radius 2 is 1.93 bits per heavy atom. The molecule has 2 aromatic carbocycles. The van der Waals surface area contributed by atoms with Gasteiger partial charge in [-0.25, -0.2) is 0 Å². The minimum atomic E-state index is -0.530. The topological polar surface area (TPSA) is 74.9 Å². The molecule has 1 aromatic heterocycles. The summed E-state index contributed by atoms with van der Waals surface area (Å²) < 4.78 is 12.0. The molecular formula is C22H18BrN3O4. The van der Waals surface area contributed by atoms with E-state index in [1.807, 2.05) is 30.3 Å². The van der Waals surface area contributed by atoms with Gasteiger partial charge in [0.05, 0.1) is 12.6 Å². The monoisotopic (exact) mass is 467 g/mol. The van der Waals surface area contributed by atoms with Crippen LogP contribution in [0.15, 0.2) is 40.9 Å². The number of benzene rings is 2. The summed E-state index contributed by atoms with van der Waals surface area (Å²) in [5.41, 5.74) is 3.90. The fourth-order valence-corrected chi connectivity index (χ4v) is 5.22. The summed E-state index contributed by atoms with van der Waals surface area (Å²) in [7, 11) is 1.69. The van der Waals surface area contributed by atoms with Gasteiger partial charge in [-0.05, 0) is 41.5 Å². The summed E-state index contributed by atoms with van der Waals surface area (Å²) in [6, 6.07) is 10.9. The van der Waals surface area contributed by atoms with Gasteiger partial charge >= 0.3 is 0 Å². The summed E-state index contributed by atoms with van der Waals surface area (Å²) in [5, 5.41) is 1.07. The van der Waals surface area contributed by atoms with Gasteiger partial charge in [-0.1, -0.05) is 22.0 Å². The maximum Gasteiger partial charge on any atom is 0.245 e. The molecule has 0 saturated carbocycles. The molecule has 1 saturated heterocycles. The van der Waals surface area contributed by atoms with Crippen LogP contribution in [-0.4, -0.2) is 53.0 Å². The molecule has 4 heterocycles. The molecule has 8 heteroatoms. The zero-order valence-electron chi connectivity index (χ0n) is 16.1. The van der Waals surface area contributed by atoms with Crippen molar-refractivity contribution < 1.29 is 19.1 Å². The number of aromatic nitrogens is 1. The number of fused-ring (bicyclic) bond motifs is 5. The third-order valence-electron chi connectivity index (χ3n) is 6.22. The van der Waals surface area contributed by atoms with Crippen molar-refractivity contribution >= 4 is 38.6 Å². The van der Waals surface area contributed by atoms with Crippen molar-refractivity contribution in [2.75, 3.05) is 20.4 Å². The molecule has 7 nitrogen and oxygen atoms in total. The molecule has 3 aliphatic rings. The van der Waals surface area contributed by atoms with E-state index in [4.69, 9.17) is 9.47 Å². The number of halogens is 1. The maximum absolute atomic E-state index is 13.1. The van der Waals surface area contributed by atoms with E-state index in [-0.39, 0.29) is 25.2 Å². The molecule has 0 aliphatic carbocycles. The van der Waals surface area contributed by atoms with Crippen molar-refractivity contribution in [3.63, 3.8) is 0 Å². The molecule has 0 unspecified atom stereocenters. The van der Waals surface area contributed by atoms with Crippen LogP contribution in [0.5, 0.6) is 11.5 Å². The SMILES string of the molecule is CN1CC(=O)N2[C@H](c3ccc4c(c3)OCO4)c3[nH]c4ccc(Br)cc4c3C[C@@H]2C1=O. The predicted octanol–water partition coefficient (Wildman–Crippen LogP) is 2.97. The smallest absolute Gasteiger partial charge is 0.245 e. The van der Waals surface area contributed by atoms with E-state index in [2.05, 4.69) is 27.0 Å². The number of aromatic amines is 1. The molecule has 3 aromatic rings. The number of hydrogen-bond donors (Lipinski definition) is 1. The first-order valence-electron chi connectivity index (χ1n) is 9.77. The molecule has 0 radical (unpaired) electrons. The third-order valence-corrected chi connectivity index (χ3v) is 6.71. The first kappa shape index (κ1) is 17.8. The van der Waals surface area contributed by atoms with Crippen LogP contribution in [0.1, 0.15) is 22.9 Å². The molecular weight excluding hydrogens is 450 g/mol. The highest BCUT2D eigenvalue weighted by atomic mass is 79.9. The van der Waals surface area contributed by atoms with E-state index >= 15 is 0 Å². The average Bonchev–Trinajstić information content (AvgIpc) is 3.34. The maximum atomic E-state index is 13.1. The molecule has 1 N–H and O–H groups in total. The van der Waals surface area contributed by atoms with Crippen molar-refractivity contribution in [1.29, 1.82) is 0 Å². The minimum absolute atomic E-state index is 0.0321. The summed E-state index contributed by atoms with van der Waals surface area (Å²) in [5.74, 6) is 1.25. The number of carbonyl (C=O) groups is 2. The second-order valence-electron chi connectivity index (χ2n) is 7.94. The first-order chi connectivity index (χ1) is 14.5. The van der Waals surface area contributed by atoms with Crippen molar-refractivity contribution in [2.45, 2.75) is 18.5 Å². The van der Waals surface area contributed by atoms with E-state index < -0.39 is 12.1 Å². The number of likely N-dealkylation sites (N-methyl/N-ethyl adjacent to an activating group) is 1. The standard InChI is InChI=1S/C22H18BrN3O4/c1-25-9-19(27)26-16(22(25)28)8-14-13-7-12(23)3-4-15(13)24-20(14)21(26)11-2-5-17-18(6-11)30-10-29-17/h2-7,16,21,24H,8-10H2,1H3/t16-,21-/m1/s1. The van der Waals surface area contributed by atoms with Gasteiger partial charge < -0.3 is 24.3 Å². The largest absolute Gasteiger partial charge is 0.454 e. The second-order valence-corrected chi connectivity index (χ2v) is 8.85. The van der Waals surface area contributed by atoms with Gasteiger partial charge in [0, 0.05) is 34.5 Å². The van der Waals surface area contributed by atoms with Gasteiger partial charge in [0.25, 0.3) is 0 Å². The van der Waals surface area contributed by atoms with Crippen molar-refractivity contribution in [3.05, 3.63) is 57.7 Å². The lowest BCUT2D eigenvalue weighted by molar-refractivity contribution is -0.157. The number of H-pyrrole nitrogens is 1. The number of piperazine rings is 1. The summed E-state index contributed by atoms with van der Waals surface area (Å²) in [6.45, 7) is 0.265. The zero-order valence-corrected chi connectivity index (χ0v) is 17.7. The number of nitrogens with one attached hydrogen (secondary N) is 1. The average molecular weight is 468 g/mol. The highest BCUT2D eigenvalue weighted by Crippen LogP contribution is 2.45. The van der Waals surface area contributed by atoms with Crippen molar-refractivity contribution in [1.82, 2.24) is 14.8 Å². The van der Waals surface area contributed by atoms with E-state index in [0.29, 0.717) is 17.9 Å². The molecule has 2 atom stereocenters. The van der Waals surface area contributed by atoms with Crippen LogP contribution >= 0.6 is 15.9 Å². The van der Waals surface area contributed by atoms with Gasteiger partial charge in [0.2, 0.25) is 18.6 Å². The predicted molar refractivity (Wildman–Crippen MR) is 112 cm³/mol. The van der Waals surface area contributed by atoms with Crippen LogP contribution in [0, 0.1) is 0 Å². The lowest BCUT2D eigenvalue weighted by atomic mass is 9.86. The Balaban J connectivity index is 1.60. The van der Waals surface area contributed by atoms with Crippen LogP contribution in [-0.2, 0) is 16.0 Å². The Morgan fingerprint density at radius 1 is 1.10 bits per heavy atom. The highest BCUT2D eigenvalue weighted by Gasteiger charge is 2.47. The number of rotatable bonds is 1. The third kappa shape index (κ3) is 2.43. The van der Waals surface area contributed by atoms with Gasteiger partial charge in [-0.15, -0.1) is 0 Å².